The van der Waals surface area contributed by atoms with Crippen LogP contribution >= 0.6 is 11.6 Å². The average molecular weight is 385 g/mol. The molecule has 0 saturated carbocycles. The molecule has 0 radical (unpaired) electrons. The van der Waals surface area contributed by atoms with Gasteiger partial charge in [0.2, 0.25) is 10.0 Å². The van der Waals surface area contributed by atoms with Gasteiger partial charge in [-0.2, -0.15) is 0 Å². The number of hydrogen-bond acceptors (Lipinski definition) is 3. The zero-order chi connectivity index (χ0) is 18.6. The molecule has 1 amide bonds. The van der Waals surface area contributed by atoms with E-state index in [9.17, 15) is 17.6 Å². The first-order chi connectivity index (χ1) is 11.7. The summed E-state index contributed by atoms with van der Waals surface area (Å²) in [7, 11) is -0.840. The van der Waals surface area contributed by atoms with Gasteiger partial charge >= 0.3 is 0 Å². The van der Waals surface area contributed by atoms with E-state index in [-0.39, 0.29) is 21.3 Å². The van der Waals surface area contributed by atoms with Crippen LogP contribution in [0.1, 0.15) is 15.9 Å². The van der Waals surface area contributed by atoms with Gasteiger partial charge in [0.25, 0.3) is 5.91 Å². The van der Waals surface area contributed by atoms with E-state index in [0.29, 0.717) is 13.0 Å². The number of benzene rings is 2. The zero-order valence-electron chi connectivity index (χ0n) is 13.8. The maximum Gasteiger partial charge on any atom is 0.252 e. The Bertz CT molecular complexity index is 868. The molecule has 2 rings (SSSR count). The minimum atomic E-state index is -3.66. The van der Waals surface area contributed by atoms with Crippen LogP contribution in [0.25, 0.3) is 0 Å². The molecule has 0 aliphatic carbocycles. The molecule has 5 nitrogen and oxygen atoms in total. The molecule has 8 heteroatoms. The standard InChI is InChI=1S/C17H18ClFN2O3S/c1-21(2)25(23,24)14-7-8-16(18)15(11-14)17(22)20-10-9-12-3-5-13(19)6-4-12/h3-8,11H,9-10H2,1-2H3,(H,20,22). The molecule has 1 N–H and O–H groups in total. The van der Waals surface area contributed by atoms with Crippen LogP contribution in [0, 0.1) is 5.82 Å². The van der Waals surface area contributed by atoms with Crippen molar-refractivity contribution < 1.29 is 17.6 Å². The molecule has 0 spiro atoms. The first-order valence-corrected chi connectivity index (χ1v) is 9.28. The first-order valence-electron chi connectivity index (χ1n) is 7.46. The normalized spacial score (nSPS) is 11.6. The number of hydrogen-bond donors (Lipinski definition) is 1. The number of carbonyl (C=O) groups excluding carboxylic acids is 1. The topological polar surface area (TPSA) is 66.5 Å². The minimum Gasteiger partial charge on any atom is -0.352 e. The Morgan fingerprint density at radius 2 is 1.80 bits per heavy atom. The molecule has 134 valence electrons. The summed E-state index contributed by atoms with van der Waals surface area (Å²) in [6.07, 6.45) is 0.513. The SMILES string of the molecule is CN(C)S(=O)(=O)c1ccc(Cl)c(C(=O)NCCc2ccc(F)cc2)c1. The molecule has 0 heterocycles. The van der Waals surface area contributed by atoms with Crippen molar-refractivity contribution in [3.8, 4) is 0 Å². The van der Waals surface area contributed by atoms with Crippen molar-refractivity contribution in [3.05, 3.63) is 64.4 Å². The largest absolute Gasteiger partial charge is 0.352 e. The highest BCUT2D eigenvalue weighted by molar-refractivity contribution is 7.89. The molecule has 0 fully saturated rings. The minimum absolute atomic E-state index is 0.00872. The van der Waals surface area contributed by atoms with Gasteiger partial charge in [0.1, 0.15) is 5.82 Å². The lowest BCUT2D eigenvalue weighted by Crippen LogP contribution is -2.27. The fourth-order valence-corrected chi connectivity index (χ4v) is 3.25. The smallest absolute Gasteiger partial charge is 0.252 e. The molecular weight excluding hydrogens is 367 g/mol. The average Bonchev–Trinajstić information content (AvgIpc) is 2.56. The lowest BCUT2D eigenvalue weighted by Gasteiger charge is -2.13. The molecule has 2 aromatic rings. The maximum atomic E-state index is 12.9. The van der Waals surface area contributed by atoms with Gasteiger partial charge in [-0.05, 0) is 42.3 Å². The van der Waals surface area contributed by atoms with Crippen LogP contribution < -0.4 is 5.32 Å². The van der Waals surface area contributed by atoms with Gasteiger partial charge in [-0.15, -0.1) is 0 Å². The lowest BCUT2D eigenvalue weighted by molar-refractivity contribution is 0.0954. The summed E-state index contributed by atoms with van der Waals surface area (Å²) in [5.41, 5.74) is 0.959. The van der Waals surface area contributed by atoms with E-state index >= 15 is 0 Å². The van der Waals surface area contributed by atoms with Gasteiger partial charge in [-0.3, -0.25) is 4.79 Å². The number of nitrogens with one attached hydrogen (secondary N) is 1. The van der Waals surface area contributed by atoms with Crippen molar-refractivity contribution in [2.24, 2.45) is 0 Å². The maximum absolute atomic E-state index is 12.9. The lowest BCUT2D eigenvalue weighted by atomic mass is 10.1. The van der Waals surface area contributed by atoms with Crippen molar-refractivity contribution in [2.75, 3.05) is 20.6 Å². The van der Waals surface area contributed by atoms with E-state index < -0.39 is 15.9 Å². The van der Waals surface area contributed by atoms with Crippen LogP contribution in [0.3, 0.4) is 0 Å². The fraction of sp³-hybridized carbons (Fsp3) is 0.235. The van der Waals surface area contributed by atoms with Crippen LogP contribution in [0.15, 0.2) is 47.4 Å². The summed E-state index contributed by atoms with van der Waals surface area (Å²) in [6.45, 7) is 0.311. The van der Waals surface area contributed by atoms with E-state index in [1.807, 2.05) is 0 Å². The highest BCUT2D eigenvalue weighted by atomic mass is 35.5. The zero-order valence-corrected chi connectivity index (χ0v) is 15.4. The van der Waals surface area contributed by atoms with E-state index in [4.69, 9.17) is 11.6 Å². The van der Waals surface area contributed by atoms with Crippen molar-refractivity contribution in [2.45, 2.75) is 11.3 Å². The summed E-state index contributed by atoms with van der Waals surface area (Å²) >= 11 is 6.02. The Morgan fingerprint density at radius 1 is 1.16 bits per heavy atom. The van der Waals surface area contributed by atoms with Crippen molar-refractivity contribution in [1.82, 2.24) is 9.62 Å². The number of carbonyl (C=O) groups is 1. The molecular formula is C17H18ClFN2O3S. The van der Waals surface area contributed by atoms with E-state index in [2.05, 4.69) is 5.32 Å². The highest BCUT2D eigenvalue weighted by Crippen LogP contribution is 2.22. The van der Waals surface area contributed by atoms with Crippen LogP contribution in [0.2, 0.25) is 5.02 Å². The van der Waals surface area contributed by atoms with E-state index in [0.717, 1.165) is 9.87 Å². The fourth-order valence-electron chi connectivity index (χ4n) is 2.12. The molecule has 0 aromatic heterocycles. The van der Waals surface area contributed by atoms with Gasteiger partial charge in [-0.1, -0.05) is 23.7 Å². The van der Waals surface area contributed by atoms with Crippen molar-refractivity contribution >= 4 is 27.5 Å². The summed E-state index contributed by atoms with van der Waals surface area (Å²) in [4.78, 5) is 12.3. The number of rotatable bonds is 6. The van der Waals surface area contributed by atoms with Crippen LogP contribution in [0.5, 0.6) is 0 Å². The molecule has 0 saturated heterocycles. The molecule has 0 bridgehead atoms. The Morgan fingerprint density at radius 3 is 2.40 bits per heavy atom. The Balaban J connectivity index is 2.09. The van der Waals surface area contributed by atoms with Gasteiger partial charge in [0.05, 0.1) is 15.5 Å². The van der Waals surface area contributed by atoms with E-state index in [1.54, 1.807) is 12.1 Å². The summed E-state index contributed by atoms with van der Waals surface area (Å²) in [5.74, 6) is -0.790. The molecule has 0 aliphatic heterocycles. The monoisotopic (exact) mass is 384 g/mol. The van der Waals surface area contributed by atoms with E-state index in [1.165, 1.54) is 44.4 Å². The molecule has 0 aliphatic rings. The Hall–Kier alpha value is -1.96. The van der Waals surface area contributed by atoms with Crippen LogP contribution in [-0.2, 0) is 16.4 Å². The number of sulfonamides is 1. The second-order valence-electron chi connectivity index (χ2n) is 5.56. The predicted molar refractivity (Wildman–Crippen MR) is 94.8 cm³/mol. The summed E-state index contributed by atoms with van der Waals surface area (Å²) < 4.78 is 38.2. The quantitative estimate of drug-likeness (QED) is 0.832. The van der Waals surface area contributed by atoms with Gasteiger partial charge < -0.3 is 5.32 Å². The van der Waals surface area contributed by atoms with Crippen molar-refractivity contribution in [1.29, 1.82) is 0 Å². The second kappa shape index (κ2) is 7.95. The molecule has 25 heavy (non-hydrogen) atoms. The van der Waals surface area contributed by atoms with Gasteiger partial charge in [-0.25, -0.2) is 17.1 Å². The predicted octanol–water partition coefficient (Wildman–Crippen LogP) is 2.70. The van der Waals surface area contributed by atoms with Crippen LogP contribution in [-0.4, -0.2) is 39.3 Å². The molecule has 0 unspecified atom stereocenters. The number of halogens is 2. The van der Waals surface area contributed by atoms with Gasteiger partial charge in [0, 0.05) is 20.6 Å². The Kier molecular flexibility index (Phi) is 6.16. The second-order valence-corrected chi connectivity index (χ2v) is 8.12. The van der Waals surface area contributed by atoms with Crippen LogP contribution in [0.4, 0.5) is 4.39 Å². The van der Waals surface area contributed by atoms with Gasteiger partial charge in [0.15, 0.2) is 0 Å². The van der Waals surface area contributed by atoms with Crippen molar-refractivity contribution in [3.63, 3.8) is 0 Å². The number of amides is 1. The molecule has 0 atom stereocenters. The summed E-state index contributed by atoms with van der Waals surface area (Å²) in [6, 6.07) is 9.97. The third-order valence-electron chi connectivity index (χ3n) is 3.57. The third-order valence-corrected chi connectivity index (χ3v) is 5.71. The highest BCUT2D eigenvalue weighted by Gasteiger charge is 2.20. The summed E-state index contributed by atoms with van der Waals surface area (Å²) in [5, 5.41) is 2.85. The first kappa shape index (κ1) is 19.4. The third kappa shape index (κ3) is 4.78. The Labute approximate surface area is 151 Å². The molecule has 2 aromatic carbocycles. The number of nitrogens with zero attached hydrogens (tertiary/aromatic N) is 1.